The van der Waals surface area contributed by atoms with E-state index in [2.05, 4.69) is 15.3 Å². The summed E-state index contributed by atoms with van der Waals surface area (Å²) in [5.41, 5.74) is 1.91. The number of rotatable bonds is 5. The molecule has 2 rings (SSSR count). The lowest BCUT2D eigenvalue weighted by Gasteiger charge is -2.20. The van der Waals surface area contributed by atoms with Crippen LogP contribution in [0.3, 0.4) is 0 Å². The Morgan fingerprint density at radius 1 is 1.16 bits per heavy atom. The average Bonchev–Trinajstić information content (AvgIpc) is 2.44. The van der Waals surface area contributed by atoms with Gasteiger partial charge in [0.1, 0.15) is 5.82 Å². The summed E-state index contributed by atoms with van der Waals surface area (Å²) in [5.74, 6) is 0.374. The second kappa shape index (κ2) is 6.24. The zero-order chi connectivity index (χ0) is 13.7. The van der Waals surface area contributed by atoms with Crippen molar-refractivity contribution in [3.8, 4) is 0 Å². The number of halogens is 1. The molecule has 0 amide bonds. The smallest absolute Gasteiger partial charge is 0.229 e. The first-order chi connectivity index (χ1) is 9.24. The topological polar surface area (TPSA) is 41.1 Å². The zero-order valence-electron chi connectivity index (χ0n) is 11.1. The summed E-state index contributed by atoms with van der Waals surface area (Å²) >= 11 is 0. The Morgan fingerprint density at radius 3 is 2.32 bits per heavy atom. The first-order valence-electron chi connectivity index (χ1n) is 6.23. The number of aromatic nitrogens is 2. The Bertz CT molecular complexity index is 510. The van der Waals surface area contributed by atoms with E-state index in [9.17, 15) is 4.39 Å². The highest BCUT2D eigenvalue weighted by atomic mass is 19.1. The Kier molecular flexibility index (Phi) is 4.41. The summed E-state index contributed by atoms with van der Waals surface area (Å²) in [6, 6.07) is 6.33. The van der Waals surface area contributed by atoms with E-state index < -0.39 is 0 Å². The van der Waals surface area contributed by atoms with Crippen molar-refractivity contribution in [2.24, 2.45) is 0 Å². The lowest BCUT2D eigenvalue weighted by atomic mass is 10.3. The first kappa shape index (κ1) is 13.4. The minimum atomic E-state index is -0.245. The maximum absolute atomic E-state index is 12.9. The van der Waals surface area contributed by atoms with Crippen molar-refractivity contribution >= 4 is 11.6 Å². The molecule has 19 heavy (non-hydrogen) atoms. The molecule has 0 fully saturated rings. The highest BCUT2D eigenvalue weighted by Gasteiger charge is 2.09. The van der Waals surface area contributed by atoms with Crippen LogP contribution in [-0.2, 0) is 6.54 Å². The van der Waals surface area contributed by atoms with Crippen LogP contribution in [0, 0.1) is 5.82 Å². The summed E-state index contributed by atoms with van der Waals surface area (Å²) in [6.07, 6.45) is 3.59. The number of benzene rings is 1. The molecule has 1 heterocycles. The summed E-state index contributed by atoms with van der Waals surface area (Å²) in [4.78, 5) is 10.6. The van der Waals surface area contributed by atoms with Crippen LogP contribution in [0.4, 0.5) is 16.0 Å². The van der Waals surface area contributed by atoms with Crippen LogP contribution in [-0.4, -0.2) is 23.6 Å². The molecule has 0 aliphatic heterocycles. The predicted molar refractivity (Wildman–Crippen MR) is 73.9 cm³/mol. The minimum Gasteiger partial charge on any atom is -0.316 e. The number of nitrogens with one attached hydrogen (secondary N) is 1. The van der Waals surface area contributed by atoms with Gasteiger partial charge in [-0.15, -0.1) is 0 Å². The van der Waals surface area contributed by atoms with Gasteiger partial charge in [0.25, 0.3) is 0 Å². The molecule has 0 spiro atoms. The Hall–Kier alpha value is -2.01. The quantitative estimate of drug-likeness (QED) is 0.896. The number of nitrogens with zero attached hydrogens (tertiary/aromatic N) is 3. The molecule has 0 aliphatic carbocycles. The molecule has 1 aromatic carbocycles. The highest BCUT2D eigenvalue weighted by Crippen LogP contribution is 2.21. The monoisotopic (exact) mass is 260 g/mol. The van der Waals surface area contributed by atoms with Gasteiger partial charge in [0.05, 0.1) is 0 Å². The fourth-order valence-electron chi connectivity index (χ4n) is 1.84. The Morgan fingerprint density at radius 2 is 1.79 bits per heavy atom. The molecular weight excluding hydrogens is 243 g/mol. The molecule has 0 radical (unpaired) electrons. The van der Waals surface area contributed by atoms with E-state index >= 15 is 0 Å². The van der Waals surface area contributed by atoms with Crippen molar-refractivity contribution in [3.63, 3.8) is 0 Å². The van der Waals surface area contributed by atoms with E-state index in [0.717, 1.165) is 24.3 Å². The standard InChI is InChI=1S/C14H17FN4/c1-3-19(13-6-4-12(15)5-7-13)14-17-9-11(8-16-2)10-18-14/h4-7,9-10,16H,3,8H2,1-2H3. The molecule has 0 atom stereocenters. The predicted octanol–water partition coefficient (Wildman–Crippen LogP) is 2.49. The summed E-state index contributed by atoms with van der Waals surface area (Å²) in [7, 11) is 1.88. The average molecular weight is 260 g/mol. The maximum Gasteiger partial charge on any atom is 0.229 e. The van der Waals surface area contributed by atoms with Crippen LogP contribution in [0.25, 0.3) is 0 Å². The van der Waals surface area contributed by atoms with Gasteiger partial charge >= 0.3 is 0 Å². The van der Waals surface area contributed by atoms with Crippen LogP contribution < -0.4 is 10.2 Å². The van der Waals surface area contributed by atoms with E-state index in [4.69, 9.17) is 0 Å². The third kappa shape index (κ3) is 3.26. The van der Waals surface area contributed by atoms with Crippen LogP contribution in [0.15, 0.2) is 36.7 Å². The molecule has 0 bridgehead atoms. The fraction of sp³-hybridized carbons (Fsp3) is 0.286. The lowest BCUT2D eigenvalue weighted by Crippen LogP contribution is -2.19. The molecule has 1 N–H and O–H groups in total. The minimum absolute atomic E-state index is 0.245. The number of anilines is 2. The molecule has 5 heteroatoms. The van der Waals surface area contributed by atoms with Gasteiger partial charge in [0.15, 0.2) is 0 Å². The van der Waals surface area contributed by atoms with Crippen LogP contribution >= 0.6 is 0 Å². The van der Waals surface area contributed by atoms with Crippen LogP contribution in [0.2, 0.25) is 0 Å². The molecular formula is C14H17FN4. The largest absolute Gasteiger partial charge is 0.316 e. The normalized spacial score (nSPS) is 10.5. The van der Waals surface area contributed by atoms with Gasteiger partial charge in [0.2, 0.25) is 5.95 Å². The van der Waals surface area contributed by atoms with E-state index in [1.165, 1.54) is 12.1 Å². The third-order valence-corrected chi connectivity index (χ3v) is 2.77. The van der Waals surface area contributed by atoms with Gasteiger partial charge in [0, 0.05) is 36.7 Å². The number of hydrogen-bond acceptors (Lipinski definition) is 4. The van der Waals surface area contributed by atoms with Crippen molar-refractivity contribution in [3.05, 3.63) is 48.0 Å². The van der Waals surface area contributed by atoms with E-state index in [0.29, 0.717) is 5.95 Å². The van der Waals surface area contributed by atoms with E-state index in [1.54, 1.807) is 24.5 Å². The van der Waals surface area contributed by atoms with Crippen molar-refractivity contribution in [1.29, 1.82) is 0 Å². The van der Waals surface area contributed by atoms with Crippen molar-refractivity contribution in [2.45, 2.75) is 13.5 Å². The lowest BCUT2D eigenvalue weighted by molar-refractivity contribution is 0.627. The molecule has 100 valence electrons. The first-order valence-corrected chi connectivity index (χ1v) is 6.23. The third-order valence-electron chi connectivity index (χ3n) is 2.77. The molecule has 1 aromatic heterocycles. The number of hydrogen-bond donors (Lipinski definition) is 1. The van der Waals surface area contributed by atoms with Gasteiger partial charge in [-0.25, -0.2) is 14.4 Å². The molecule has 0 aliphatic rings. The second-order valence-corrected chi connectivity index (χ2v) is 4.14. The molecule has 2 aromatic rings. The van der Waals surface area contributed by atoms with Gasteiger partial charge in [-0.2, -0.15) is 0 Å². The van der Waals surface area contributed by atoms with Gasteiger partial charge < -0.3 is 10.2 Å². The maximum atomic E-state index is 12.9. The molecule has 4 nitrogen and oxygen atoms in total. The fourth-order valence-corrected chi connectivity index (χ4v) is 1.84. The van der Waals surface area contributed by atoms with E-state index in [1.807, 2.05) is 18.9 Å². The summed E-state index contributed by atoms with van der Waals surface area (Å²) in [5, 5.41) is 3.05. The SMILES string of the molecule is CCN(c1ccc(F)cc1)c1ncc(CNC)cn1. The van der Waals surface area contributed by atoms with E-state index in [-0.39, 0.29) is 5.82 Å². The summed E-state index contributed by atoms with van der Waals surface area (Å²) < 4.78 is 12.9. The van der Waals surface area contributed by atoms with Crippen molar-refractivity contribution < 1.29 is 4.39 Å². The molecule has 0 unspecified atom stereocenters. The van der Waals surface area contributed by atoms with Gasteiger partial charge in [-0.05, 0) is 38.2 Å². The van der Waals surface area contributed by atoms with Gasteiger partial charge in [-0.1, -0.05) is 0 Å². The Balaban J connectivity index is 2.23. The van der Waals surface area contributed by atoms with Crippen molar-refractivity contribution in [2.75, 3.05) is 18.5 Å². The Labute approximate surface area is 112 Å². The molecule has 0 saturated heterocycles. The van der Waals surface area contributed by atoms with Crippen LogP contribution in [0.1, 0.15) is 12.5 Å². The van der Waals surface area contributed by atoms with Gasteiger partial charge in [-0.3, -0.25) is 0 Å². The summed E-state index contributed by atoms with van der Waals surface area (Å²) in [6.45, 7) is 3.47. The zero-order valence-corrected chi connectivity index (χ0v) is 11.1. The highest BCUT2D eigenvalue weighted by molar-refractivity contribution is 5.56. The van der Waals surface area contributed by atoms with Crippen LogP contribution in [0.5, 0.6) is 0 Å². The second-order valence-electron chi connectivity index (χ2n) is 4.14. The van der Waals surface area contributed by atoms with Crippen molar-refractivity contribution in [1.82, 2.24) is 15.3 Å². The molecule has 0 saturated carbocycles.